The molecule has 2 aliphatic rings. The molecule has 4 N–H and O–H groups in total. The van der Waals surface area contributed by atoms with Gasteiger partial charge in [-0.25, -0.2) is 0 Å². The number of H-pyrrole nitrogens is 1. The molecule has 0 aliphatic carbocycles. The fourth-order valence-electron chi connectivity index (χ4n) is 4.81. The van der Waals surface area contributed by atoms with Gasteiger partial charge < -0.3 is 20.9 Å². The van der Waals surface area contributed by atoms with Gasteiger partial charge in [0.2, 0.25) is 5.91 Å². The van der Waals surface area contributed by atoms with Gasteiger partial charge in [0.25, 0.3) is 0 Å². The lowest BCUT2D eigenvalue weighted by atomic mass is 9.83. The fraction of sp³-hybridized carbons (Fsp3) is 0.571. The Hall–Kier alpha value is -1.85. The fourth-order valence-corrected chi connectivity index (χ4v) is 4.81. The lowest BCUT2D eigenvalue weighted by Crippen LogP contribution is -2.52. The number of hydrogen-bond acceptors (Lipinski definition) is 3. The first-order chi connectivity index (χ1) is 12.7. The van der Waals surface area contributed by atoms with Crippen LogP contribution < -0.4 is 11.1 Å². The van der Waals surface area contributed by atoms with Gasteiger partial charge >= 0.3 is 0 Å². The summed E-state index contributed by atoms with van der Waals surface area (Å²) in [4.78, 5) is 18.4. The van der Waals surface area contributed by atoms with Crippen LogP contribution >= 0.6 is 0 Å². The molecule has 3 heterocycles. The molecule has 2 fully saturated rings. The smallest absolute Gasteiger partial charge is 0.237 e. The number of aromatic amines is 1. The number of fused-ring (bicyclic) bond motifs is 2. The number of amides is 1. The Bertz CT molecular complexity index is 753. The summed E-state index contributed by atoms with van der Waals surface area (Å²) in [6.07, 6.45) is 8.94. The van der Waals surface area contributed by atoms with Crippen molar-refractivity contribution in [1.82, 2.24) is 15.2 Å². The van der Waals surface area contributed by atoms with Gasteiger partial charge in [0, 0.05) is 29.7 Å². The highest BCUT2D eigenvalue weighted by atomic mass is 16.2. The average Bonchev–Trinajstić information content (AvgIpc) is 3.09. The topological polar surface area (TPSA) is 74.1 Å². The van der Waals surface area contributed by atoms with Crippen molar-refractivity contribution in [3.05, 3.63) is 36.0 Å². The molecule has 1 amide bonds. The molecule has 0 unspecified atom stereocenters. The molecule has 2 aliphatic heterocycles. The number of rotatable bonds is 5. The second-order valence-electron chi connectivity index (χ2n) is 7.92. The minimum atomic E-state index is -0.500. The van der Waals surface area contributed by atoms with Gasteiger partial charge in [-0.2, -0.15) is 0 Å². The monoisotopic (exact) mass is 354 g/mol. The van der Waals surface area contributed by atoms with Crippen LogP contribution in [0.5, 0.6) is 0 Å². The summed E-state index contributed by atoms with van der Waals surface area (Å²) < 4.78 is 0. The molecule has 26 heavy (non-hydrogen) atoms. The Morgan fingerprint density at radius 3 is 3.00 bits per heavy atom. The van der Waals surface area contributed by atoms with E-state index < -0.39 is 6.04 Å². The normalized spacial score (nSPS) is 25.0. The maximum absolute atomic E-state index is 12.5. The summed E-state index contributed by atoms with van der Waals surface area (Å²) >= 11 is 0. The molecule has 0 saturated carbocycles. The van der Waals surface area contributed by atoms with E-state index in [4.69, 9.17) is 5.73 Å². The van der Waals surface area contributed by atoms with E-state index in [1.54, 1.807) is 0 Å². The van der Waals surface area contributed by atoms with Crippen molar-refractivity contribution in [2.45, 2.75) is 50.6 Å². The van der Waals surface area contributed by atoms with Crippen molar-refractivity contribution in [3.63, 3.8) is 0 Å². The summed E-state index contributed by atoms with van der Waals surface area (Å²) in [5, 5.41) is 4.30. The molecular weight excluding hydrogens is 324 g/mol. The van der Waals surface area contributed by atoms with Crippen LogP contribution in [0.15, 0.2) is 30.5 Å². The third kappa shape index (κ3) is 3.64. The number of benzene rings is 1. The number of hydrogen-bond donors (Lipinski definition) is 3. The van der Waals surface area contributed by atoms with E-state index in [2.05, 4.69) is 21.3 Å². The van der Waals surface area contributed by atoms with E-state index >= 15 is 0 Å². The maximum Gasteiger partial charge on any atom is 0.237 e. The van der Waals surface area contributed by atoms with E-state index in [0.717, 1.165) is 23.0 Å². The van der Waals surface area contributed by atoms with Crippen molar-refractivity contribution in [1.29, 1.82) is 0 Å². The van der Waals surface area contributed by atoms with Crippen molar-refractivity contribution >= 4 is 16.8 Å². The van der Waals surface area contributed by atoms with Crippen LogP contribution in [0.4, 0.5) is 0 Å². The number of nitrogens with zero attached hydrogens (tertiary/aromatic N) is 1. The quantitative estimate of drug-likeness (QED) is 0.772. The Morgan fingerprint density at radius 2 is 2.08 bits per heavy atom. The SMILES string of the molecule is N[C@@H](Cc1c[nH]c2ccccc12)C(=O)NC[C@@H]1CCCN2CCCC[C@H]12. The summed E-state index contributed by atoms with van der Waals surface area (Å²) in [6.45, 7) is 3.23. The summed E-state index contributed by atoms with van der Waals surface area (Å²) in [6, 6.07) is 8.30. The molecule has 2 saturated heterocycles. The standard InChI is InChI=1S/C21H30N4O/c22-18(12-16-14-23-19-8-2-1-7-17(16)19)21(26)24-13-15-6-5-11-25-10-4-3-9-20(15)25/h1-2,7-8,14-15,18,20,23H,3-6,9-13,22H2,(H,24,26)/t15-,18-,20+/m0/s1. The van der Waals surface area contributed by atoms with Gasteiger partial charge in [-0.05, 0) is 62.7 Å². The first-order valence-corrected chi connectivity index (χ1v) is 10.0. The zero-order chi connectivity index (χ0) is 17.9. The van der Waals surface area contributed by atoms with Gasteiger partial charge in [-0.15, -0.1) is 0 Å². The Balaban J connectivity index is 1.32. The first-order valence-electron chi connectivity index (χ1n) is 10.0. The highest BCUT2D eigenvalue weighted by Gasteiger charge is 2.33. The minimum Gasteiger partial charge on any atom is -0.361 e. The Morgan fingerprint density at radius 1 is 1.23 bits per heavy atom. The van der Waals surface area contributed by atoms with E-state index in [-0.39, 0.29) is 5.91 Å². The number of nitrogens with one attached hydrogen (secondary N) is 2. The molecule has 5 nitrogen and oxygen atoms in total. The number of para-hydroxylation sites is 1. The summed E-state index contributed by atoms with van der Waals surface area (Å²) in [7, 11) is 0. The van der Waals surface area contributed by atoms with Crippen LogP contribution in [-0.4, -0.2) is 47.5 Å². The number of piperidine rings is 2. The highest BCUT2D eigenvalue weighted by Crippen LogP contribution is 2.30. The molecule has 5 heteroatoms. The minimum absolute atomic E-state index is 0.0248. The largest absolute Gasteiger partial charge is 0.361 e. The second kappa shape index (κ2) is 7.80. The van der Waals surface area contributed by atoms with Crippen LogP contribution in [0, 0.1) is 5.92 Å². The molecule has 1 aromatic heterocycles. The molecule has 3 atom stereocenters. The van der Waals surface area contributed by atoms with E-state index in [0.29, 0.717) is 18.4 Å². The summed E-state index contributed by atoms with van der Waals surface area (Å²) in [5.74, 6) is 0.552. The van der Waals surface area contributed by atoms with E-state index in [1.165, 1.54) is 45.2 Å². The predicted octanol–water partition coefficient (Wildman–Crippen LogP) is 2.42. The average molecular weight is 354 g/mol. The predicted molar refractivity (Wildman–Crippen MR) is 105 cm³/mol. The van der Waals surface area contributed by atoms with E-state index in [1.807, 2.05) is 24.4 Å². The Labute approximate surface area is 155 Å². The second-order valence-corrected chi connectivity index (χ2v) is 7.92. The van der Waals surface area contributed by atoms with Crippen LogP contribution in [0.2, 0.25) is 0 Å². The molecular formula is C21H30N4O. The van der Waals surface area contributed by atoms with Crippen LogP contribution in [0.3, 0.4) is 0 Å². The van der Waals surface area contributed by atoms with Crippen LogP contribution in [0.1, 0.15) is 37.7 Å². The third-order valence-electron chi connectivity index (χ3n) is 6.22. The van der Waals surface area contributed by atoms with Gasteiger partial charge in [-0.1, -0.05) is 24.6 Å². The molecule has 0 radical (unpaired) electrons. The third-order valence-corrected chi connectivity index (χ3v) is 6.22. The van der Waals surface area contributed by atoms with Gasteiger partial charge in [0.15, 0.2) is 0 Å². The highest BCUT2D eigenvalue weighted by molar-refractivity contribution is 5.86. The number of nitrogens with two attached hydrogens (primary N) is 1. The molecule has 0 spiro atoms. The van der Waals surface area contributed by atoms with E-state index in [9.17, 15) is 4.79 Å². The van der Waals surface area contributed by atoms with Crippen molar-refractivity contribution in [2.75, 3.05) is 19.6 Å². The van der Waals surface area contributed by atoms with Crippen LogP contribution in [-0.2, 0) is 11.2 Å². The Kier molecular flexibility index (Phi) is 5.27. The molecule has 2 aromatic rings. The zero-order valence-corrected chi connectivity index (χ0v) is 15.4. The maximum atomic E-state index is 12.5. The molecule has 140 valence electrons. The van der Waals surface area contributed by atoms with Crippen molar-refractivity contribution in [3.8, 4) is 0 Å². The number of carbonyl (C=O) groups excluding carboxylic acids is 1. The first kappa shape index (κ1) is 17.6. The van der Waals surface area contributed by atoms with Crippen LogP contribution in [0.25, 0.3) is 10.9 Å². The number of aromatic nitrogens is 1. The van der Waals surface area contributed by atoms with Crippen molar-refractivity contribution < 1.29 is 4.79 Å². The van der Waals surface area contributed by atoms with Gasteiger partial charge in [0.05, 0.1) is 6.04 Å². The number of carbonyl (C=O) groups is 1. The zero-order valence-electron chi connectivity index (χ0n) is 15.4. The van der Waals surface area contributed by atoms with Crippen molar-refractivity contribution in [2.24, 2.45) is 11.7 Å². The molecule has 4 rings (SSSR count). The lowest BCUT2D eigenvalue weighted by molar-refractivity contribution is -0.122. The van der Waals surface area contributed by atoms with Gasteiger partial charge in [-0.3, -0.25) is 4.79 Å². The molecule has 0 bridgehead atoms. The molecule has 1 aromatic carbocycles. The summed E-state index contributed by atoms with van der Waals surface area (Å²) in [5.41, 5.74) is 8.41. The van der Waals surface area contributed by atoms with Gasteiger partial charge in [0.1, 0.15) is 0 Å². The lowest BCUT2D eigenvalue weighted by Gasteiger charge is -2.44.